The highest BCUT2D eigenvalue weighted by atomic mass is 28.4. The van der Waals surface area contributed by atoms with Gasteiger partial charge in [-0.15, -0.1) is 0 Å². The fourth-order valence-electron chi connectivity index (χ4n) is 3.18. The molecule has 1 saturated carbocycles. The van der Waals surface area contributed by atoms with Crippen LogP contribution in [0.25, 0.3) is 0 Å². The van der Waals surface area contributed by atoms with Crippen molar-refractivity contribution in [3.63, 3.8) is 0 Å². The highest BCUT2D eigenvalue weighted by Gasteiger charge is 2.41. The molecule has 0 N–H and O–H groups in total. The lowest BCUT2D eigenvalue weighted by molar-refractivity contribution is 0.00682. The monoisotopic (exact) mass is 390 g/mol. The minimum Gasteiger partial charge on any atom is -0.456 e. The quantitative estimate of drug-likeness (QED) is 0.301. The van der Waals surface area contributed by atoms with E-state index in [0.29, 0.717) is 11.8 Å². The first kappa shape index (κ1) is 22.2. The molecule has 0 bridgehead atoms. The first-order valence-electron chi connectivity index (χ1n) is 10.3. The van der Waals surface area contributed by atoms with E-state index < -0.39 is 13.9 Å². The van der Waals surface area contributed by atoms with Crippen LogP contribution < -0.4 is 0 Å². The van der Waals surface area contributed by atoms with E-state index in [1.165, 1.54) is 12.8 Å². The Morgan fingerprint density at radius 1 is 1.11 bits per heavy atom. The van der Waals surface area contributed by atoms with Gasteiger partial charge in [0.2, 0.25) is 0 Å². The zero-order valence-electron chi connectivity index (χ0n) is 18.5. The maximum Gasteiger partial charge on any atom is 0.338 e. The average molecular weight is 391 g/mol. The van der Waals surface area contributed by atoms with Gasteiger partial charge in [-0.05, 0) is 81.6 Å². The molecule has 1 aromatic carbocycles. The van der Waals surface area contributed by atoms with Gasteiger partial charge in [-0.1, -0.05) is 39.0 Å². The second-order valence-electron chi connectivity index (χ2n) is 10.4. The maximum absolute atomic E-state index is 12.5. The Bertz CT molecular complexity index is 652. The molecule has 2 unspecified atom stereocenters. The Kier molecular flexibility index (Phi) is 6.63. The molecule has 0 spiro atoms. The normalized spacial score (nSPS) is 20.4. The zero-order chi connectivity index (χ0) is 20.5. The van der Waals surface area contributed by atoms with Gasteiger partial charge in [0.25, 0.3) is 0 Å². The summed E-state index contributed by atoms with van der Waals surface area (Å²) < 4.78 is 11.9. The Hall–Kier alpha value is -1.13. The van der Waals surface area contributed by atoms with Crippen LogP contribution in [0, 0.1) is 5.92 Å². The number of benzene rings is 1. The molecule has 3 nitrogen and oxygen atoms in total. The summed E-state index contributed by atoms with van der Waals surface area (Å²) in [6.45, 7) is 18.1. The Morgan fingerprint density at radius 3 is 2.33 bits per heavy atom. The summed E-state index contributed by atoms with van der Waals surface area (Å²) in [5, 5.41) is 0.265. The van der Waals surface area contributed by atoms with Crippen molar-refractivity contribution >= 4 is 14.3 Å². The summed E-state index contributed by atoms with van der Waals surface area (Å²) in [7, 11) is -1.65. The lowest BCUT2D eigenvalue weighted by Gasteiger charge is -2.36. The van der Waals surface area contributed by atoms with Crippen molar-refractivity contribution in [1.29, 1.82) is 0 Å². The van der Waals surface area contributed by atoms with Gasteiger partial charge in [-0.25, -0.2) is 4.79 Å². The molecule has 4 heteroatoms. The molecule has 27 heavy (non-hydrogen) atoms. The molecular formula is C23H38O3Si. The predicted octanol–water partition coefficient (Wildman–Crippen LogP) is 6.55. The summed E-state index contributed by atoms with van der Waals surface area (Å²) >= 11 is 0. The molecule has 0 amide bonds. The topological polar surface area (TPSA) is 35.5 Å². The van der Waals surface area contributed by atoms with Crippen molar-refractivity contribution in [2.24, 2.45) is 5.92 Å². The van der Waals surface area contributed by atoms with Gasteiger partial charge in [-0.2, -0.15) is 0 Å². The first-order chi connectivity index (χ1) is 12.3. The van der Waals surface area contributed by atoms with Crippen molar-refractivity contribution in [1.82, 2.24) is 0 Å². The molecule has 1 fully saturated rings. The lowest BCUT2D eigenvalue weighted by Crippen LogP contribution is -2.40. The van der Waals surface area contributed by atoms with Gasteiger partial charge in [0, 0.05) is 6.61 Å². The van der Waals surface area contributed by atoms with Gasteiger partial charge in [0.15, 0.2) is 8.32 Å². The number of hydrogen-bond donors (Lipinski definition) is 0. The molecule has 2 atom stereocenters. The number of carbonyl (C=O) groups excluding carboxylic acids is 1. The van der Waals surface area contributed by atoms with E-state index in [-0.39, 0.29) is 11.0 Å². The van der Waals surface area contributed by atoms with Crippen molar-refractivity contribution in [2.75, 3.05) is 6.61 Å². The summed E-state index contributed by atoms with van der Waals surface area (Å²) in [6.07, 6.45) is 3.43. The maximum atomic E-state index is 12.5. The third-order valence-electron chi connectivity index (χ3n) is 5.89. The van der Waals surface area contributed by atoms with Crippen LogP contribution >= 0.6 is 0 Å². The molecule has 1 aromatic rings. The van der Waals surface area contributed by atoms with Crippen LogP contribution in [-0.2, 0) is 9.16 Å². The van der Waals surface area contributed by atoms with Crippen molar-refractivity contribution < 1.29 is 14.0 Å². The van der Waals surface area contributed by atoms with Crippen LogP contribution in [0.3, 0.4) is 0 Å². The number of carbonyl (C=O) groups is 1. The van der Waals surface area contributed by atoms with E-state index in [4.69, 9.17) is 9.16 Å². The number of ether oxygens (including phenoxy) is 1. The van der Waals surface area contributed by atoms with Crippen LogP contribution in [0.5, 0.6) is 0 Å². The van der Waals surface area contributed by atoms with Crippen LogP contribution in [0.1, 0.15) is 82.6 Å². The molecule has 0 radical (unpaired) electrons. The lowest BCUT2D eigenvalue weighted by atomic mass is 10.0. The summed E-state index contributed by atoms with van der Waals surface area (Å²) in [5.41, 5.74) is 1.42. The fraction of sp³-hybridized carbons (Fsp3) is 0.696. The van der Waals surface area contributed by atoms with E-state index in [0.717, 1.165) is 24.2 Å². The molecule has 1 aliphatic rings. The van der Waals surface area contributed by atoms with Gasteiger partial charge in [0.05, 0.1) is 5.56 Å². The SMILES string of the molecule is CC(C)(C)OC(=O)c1ccccc1C1CC1CCCO[Si](C)(C)C(C)(C)C. The first-order valence-corrected chi connectivity index (χ1v) is 13.2. The molecular weight excluding hydrogens is 352 g/mol. The zero-order valence-corrected chi connectivity index (χ0v) is 19.5. The second-order valence-corrected chi connectivity index (χ2v) is 15.3. The standard InChI is InChI=1S/C23H38O3Si/c1-22(2,3)26-21(24)19-14-10-9-13-18(19)20-16-17(20)12-11-15-25-27(7,8)23(4,5)6/h9-10,13-14,17,20H,11-12,15-16H2,1-8H3. The van der Waals surface area contributed by atoms with Crippen molar-refractivity contribution in [2.45, 2.75) is 90.5 Å². The largest absolute Gasteiger partial charge is 0.456 e. The molecule has 1 aliphatic carbocycles. The highest BCUT2D eigenvalue weighted by Crippen LogP contribution is 2.51. The van der Waals surface area contributed by atoms with E-state index in [1.54, 1.807) is 0 Å². The predicted molar refractivity (Wildman–Crippen MR) is 115 cm³/mol. The molecule has 0 aliphatic heterocycles. The Labute approximate surface area is 167 Å². The van der Waals surface area contributed by atoms with Gasteiger partial charge < -0.3 is 9.16 Å². The van der Waals surface area contributed by atoms with Gasteiger partial charge in [-0.3, -0.25) is 0 Å². The molecule has 2 rings (SSSR count). The second kappa shape index (κ2) is 8.08. The fourth-order valence-corrected chi connectivity index (χ4v) is 4.26. The average Bonchev–Trinajstić information content (AvgIpc) is 3.28. The van der Waals surface area contributed by atoms with Crippen LogP contribution in [0.2, 0.25) is 18.1 Å². The third-order valence-corrected chi connectivity index (χ3v) is 10.4. The third kappa shape index (κ3) is 6.18. The summed E-state index contributed by atoms with van der Waals surface area (Å²) in [6, 6.07) is 7.95. The molecule has 0 heterocycles. The Balaban J connectivity index is 1.88. The number of rotatable bonds is 7. The number of esters is 1. The van der Waals surface area contributed by atoms with Gasteiger partial charge >= 0.3 is 5.97 Å². The van der Waals surface area contributed by atoms with Crippen LogP contribution in [0.4, 0.5) is 0 Å². The van der Waals surface area contributed by atoms with E-state index in [9.17, 15) is 4.79 Å². The highest BCUT2D eigenvalue weighted by molar-refractivity contribution is 6.74. The van der Waals surface area contributed by atoms with Crippen LogP contribution in [0.15, 0.2) is 24.3 Å². The minimum atomic E-state index is -1.65. The van der Waals surface area contributed by atoms with Crippen molar-refractivity contribution in [3.8, 4) is 0 Å². The number of hydrogen-bond acceptors (Lipinski definition) is 3. The molecule has 0 aromatic heterocycles. The van der Waals surface area contributed by atoms with E-state index in [1.807, 2.05) is 39.0 Å². The summed E-state index contributed by atoms with van der Waals surface area (Å²) in [5.74, 6) is 0.947. The Morgan fingerprint density at radius 2 is 1.74 bits per heavy atom. The van der Waals surface area contributed by atoms with Crippen molar-refractivity contribution in [3.05, 3.63) is 35.4 Å². The van der Waals surface area contributed by atoms with Gasteiger partial charge in [0.1, 0.15) is 5.60 Å². The summed E-state index contributed by atoms with van der Waals surface area (Å²) in [4.78, 5) is 12.5. The molecule has 0 saturated heterocycles. The van der Waals surface area contributed by atoms with E-state index in [2.05, 4.69) is 39.9 Å². The minimum absolute atomic E-state index is 0.204. The smallest absolute Gasteiger partial charge is 0.338 e. The molecule has 152 valence electrons. The van der Waals surface area contributed by atoms with E-state index >= 15 is 0 Å². The van der Waals surface area contributed by atoms with Crippen LogP contribution in [-0.4, -0.2) is 26.5 Å².